The summed E-state index contributed by atoms with van der Waals surface area (Å²) in [5.41, 5.74) is 5.66. The molecule has 0 radical (unpaired) electrons. The highest BCUT2D eigenvalue weighted by molar-refractivity contribution is 6.46. The van der Waals surface area contributed by atoms with Crippen molar-refractivity contribution in [1.29, 1.82) is 0 Å². The van der Waals surface area contributed by atoms with Gasteiger partial charge in [0.15, 0.2) is 0 Å². The van der Waals surface area contributed by atoms with Crippen LogP contribution in [0.1, 0.15) is 35.6 Å². The highest BCUT2D eigenvalue weighted by Gasteiger charge is 2.40. The quantitative estimate of drug-likeness (QED) is 0.472. The summed E-state index contributed by atoms with van der Waals surface area (Å²) >= 11 is 0. The highest BCUT2D eigenvalue weighted by Crippen LogP contribution is 2.35. The molecular weight excluding hydrogens is 412 g/mol. The minimum Gasteiger partial charge on any atom is -0.494 e. The molecule has 0 atom stereocenters. The van der Waals surface area contributed by atoms with Crippen molar-refractivity contribution in [1.82, 2.24) is 0 Å². The van der Waals surface area contributed by atoms with Gasteiger partial charge in [0.1, 0.15) is 11.4 Å². The maximum atomic E-state index is 13.6. The summed E-state index contributed by atoms with van der Waals surface area (Å²) in [6.07, 6.45) is 0.912. The smallest absolute Gasteiger partial charge is 0.282 e. The van der Waals surface area contributed by atoms with E-state index in [4.69, 9.17) is 4.74 Å². The lowest BCUT2D eigenvalue weighted by atomic mass is 10.0. The van der Waals surface area contributed by atoms with Gasteiger partial charge >= 0.3 is 0 Å². The fourth-order valence-corrected chi connectivity index (χ4v) is 4.03. The lowest BCUT2D eigenvalue weighted by Gasteiger charge is -2.17. The first-order valence-electron chi connectivity index (χ1n) is 11.2. The van der Waals surface area contributed by atoms with Crippen LogP contribution in [0.15, 0.2) is 72.4 Å². The number of hydrogen-bond donors (Lipinski definition) is 1. The first-order chi connectivity index (χ1) is 15.9. The molecule has 1 aliphatic rings. The molecule has 3 aromatic rings. The molecule has 1 aliphatic heterocycles. The van der Waals surface area contributed by atoms with Gasteiger partial charge in [-0.3, -0.25) is 9.59 Å². The number of ether oxygens (including phenoxy) is 1. The van der Waals surface area contributed by atoms with Gasteiger partial charge in [0.05, 0.1) is 17.9 Å². The molecule has 5 nitrogen and oxygen atoms in total. The van der Waals surface area contributed by atoms with E-state index < -0.39 is 0 Å². The van der Waals surface area contributed by atoms with Crippen LogP contribution in [0.4, 0.5) is 11.4 Å². The predicted molar refractivity (Wildman–Crippen MR) is 132 cm³/mol. The second-order valence-corrected chi connectivity index (χ2v) is 8.41. The predicted octanol–water partition coefficient (Wildman–Crippen LogP) is 5.80. The SMILES string of the molecule is CCCOc1ccc(C2=C(Nc3cccc(C)c3)C(=O)N(c3cc(C)cc(C)c3)C2=O)cc1. The molecule has 0 saturated heterocycles. The van der Waals surface area contributed by atoms with Crippen LogP contribution in [0.25, 0.3) is 5.57 Å². The number of hydrogen-bond acceptors (Lipinski definition) is 4. The summed E-state index contributed by atoms with van der Waals surface area (Å²) in [6.45, 7) is 8.57. The van der Waals surface area contributed by atoms with E-state index >= 15 is 0 Å². The van der Waals surface area contributed by atoms with Crippen molar-refractivity contribution in [2.24, 2.45) is 0 Å². The van der Waals surface area contributed by atoms with Crippen LogP contribution in [0.5, 0.6) is 5.75 Å². The van der Waals surface area contributed by atoms with Crippen molar-refractivity contribution < 1.29 is 14.3 Å². The van der Waals surface area contributed by atoms with Crippen LogP contribution in [0.3, 0.4) is 0 Å². The van der Waals surface area contributed by atoms with Crippen LogP contribution in [0.2, 0.25) is 0 Å². The number of imide groups is 1. The molecule has 1 N–H and O–H groups in total. The third kappa shape index (κ3) is 4.67. The molecule has 0 aliphatic carbocycles. The van der Waals surface area contributed by atoms with Crippen LogP contribution in [-0.4, -0.2) is 18.4 Å². The molecular formula is C28H28N2O3. The highest BCUT2D eigenvalue weighted by atomic mass is 16.5. The molecule has 168 valence electrons. The standard InChI is InChI=1S/C28H28N2O3/c1-5-13-33-24-11-9-21(10-12-24)25-26(29-22-8-6-7-18(2)15-22)28(32)30(27(25)31)23-16-19(3)14-20(4)17-23/h6-12,14-17,29H,5,13H2,1-4H3. The molecule has 0 unspecified atom stereocenters. The Balaban J connectivity index is 1.78. The van der Waals surface area contributed by atoms with Gasteiger partial charge in [0, 0.05) is 5.69 Å². The van der Waals surface area contributed by atoms with E-state index in [1.54, 1.807) is 0 Å². The van der Waals surface area contributed by atoms with E-state index in [0.717, 1.165) is 34.5 Å². The van der Waals surface area contributed by atoms with Crippen LogP contribution in [0, 0.1) is 20.8 Å². The van der Waals surface area contributed by atoms with Gasteiger partial charge in [-0.15, -0.1) is 0 Å². The molecule has 2 amide bonds. The van der Waals surface area contributed by atoms with E-state index in [1.807, 2.05) is 94.4 Å². The minimum atomic E-state index is -0.368. The normalized spacial score (nSPS) is 13.6. The van der Waals surface area contributed by atoms with E-state index in [2.05, 4.69) is 5.32 Å². The fourth-order valence-electron chi connectivity index (χ4n) is 4.03. The Hall–Kier alpha value is -3.86. The van der Waals surface area contributed by atoms with Crippen LogP contribution in [-0.2, 0) is 9.59 Å². The Morgan fingerprint density at radius 3 is 2.15 bits per heavy atom. The molecule has 5 heteroatoms. The maximum absolute atomic E-state index is 13.6. The monoisotopic (exact) mass is 440 g/mol. The zero-order valence-corrected chi connectivity index (χ0v) is 19.4. The molecule has 33 heavy (non-hydrogen) atoms. The maximum Gasteiger partial charge on any atom is 0.282 e. The summed E-state index contributed by atoms with van der Waals surface area (Å²) in [6, 6.07) is 20.8. The average Bonchev–Trinajstić information content (AvgIpc) is 3.01. The average molecular weight is 441 g/mol. The first kappa shape index (κ1) is 22.3. The van der Waals surface area contributed by atoms with E-state index in [0.29, 0.717) is 23.4 Å². The van der Waals surface area contributed by atoms with Gasteiger partial charge in [0.2, 0.25) is 0 Å². The van der Waals surface area contributed by atoms with Crippen LogP contribution >= 0.6 is 0 Å². The number of nitrogens with zero attached hydrogens (tertiary/aromatic N) is 1. The van der Waals surface area contributed by atoms with Crippen molar-refractivity contribution in [3.8, 4) is 5.75 Å². The Kier molecular flexibility index (Phi) is 6.31. The van der Waals surface area contributed by atoms with E-state index in [1.165, 1.54) is 4.90 Å². The van der Waals surface area contributed by atoms with Gasteiger partial charge in [0.25, 0.3) is 11.8 Å². The number of benzene rings is 3. The molecule has 0 fully saturated rings. The molecule has 1 heterocycles. The van der Waals surface area contributed by atoms with Crippen LogP contribution < -0.4 is 15.0 Å². The number of carbonyl (C=O) groups is 2. The Morgan fingerprint density at radius 1 is 0.818 bits per heavy atom. The third-order valence-electron chi connectivity index (χ3n) is 5.45. The van der Waals surface area contributed by atoms with Crippen molar-refractivity contribution in [2.45, 2.75) is 34.1 Å². The zero-order chi connectivity index (χ0) is 23.5. The minimum absolute atomic E-state index is 0.270. The first-order valence-corrected chi connectivity index (χ1v) is 11.2. The summed E-state index contributed by atoms with van der Waals surface area (Å²) in [4.78, 5) is 28.5. The summed E-state index contributed by atoms with van der Waals surface area (Å²) in [7, 11) is 0. The van der Waals surface area contributed by atoms with Gasteiger partial charge in [-0.05, 0) is 85.8 Å². The largest absolute Gasteiger partial charge is 0.494 e. The Bertz CT molecular complexity index is 1220. The van der Waals surface area contributed by atoms with Crippen molar-refractivity contribution in [3.05, 3.63) is 94.7 Å². The van der Waals surface area contributed by atoms with Gasteiger partial charge in [-0.25, -0.2) is 4.90 Å². The fraction of sp³-hybridized carbons (Fsp3) is 0.214. The summed E-state index contributed by atoms with van der Waals surface area (Å²) in [5, 5.41) is 3.22. The number of anilines is 2. The summed E-state index contributed by atoms with van der Waals surface area (Å²) < 4.78 is 5.68. The van der Waals surface area contributed by atoms with Crippen molar-refractivity contribution >= 4 is 28.8 Å². The number of carbonyl (C=O) groups excluding carboxylic acids is 2. The van der Waals surface area contributed by atoms with Gasteiger partial charge < -0.3 is 10.1 Å². The van der Waals surface area contributed by atoms with Crippen molar-refractivity contribution in [2.75, 3.05) is 16.8 Å². The second kappa shape index (κ2) is 9.33. The zero-order valence-electron chi connectivity index (χ0n) is 19.4. The lowest BCUT2D eigenvalue weighted by Crippen LogP contribution is -2.32. The molecule has 3 aromatic carbocycles. The van der Waals surface area contributed by atoms with Crippen molar-refractivity contribution in [3.63, 3.8) is 0 Å². The molecule has 0 aromatic heterocycles. The number of rotatable bonds is 7. The number of amides is 2. The number of nitrogens with one attached hydrogen (secondary N) is 1. The summed E-state index contributed by atoms with van der Waals surface area (Å²) in [5.74, 6) is 0.0209. The van der Waals surface area contributed by atoms with Gasteiger partial charge in [-0.1, -0.05) is 37.3 Å². The topological polar surface area (TPSA) is 58.6 Å². The molecule has 0 spiro atoms. The second-order valence-electron chi connectivity index (χ2n) is 8.41. The van der Waals surface area contributed by atoms with E-state index in [-0.39, 0.29) is 17.5 Å². The Morgan fingerprint density at radius 2 is 1.52 bits per heavy atom. The third-order valence-corrected chi connectivity index (χ3v) is 5.45. The molecule has 0 bridgehead atoms. The Labute approximate surface area is 194 Å². The lowest BCUT2D eigenvalue weighted by molar-refractivity contribution is -0.120. The van der Waals surface area contributed by atoms with Gasteiger partial charge in [-0.2, -0.15) is 0 Å². The number of aryl methyl sites for hydroxylation is 3. The molecule has 0 saturated carbocycles. The molecule has 4 rings (SSSR count). The van der Waals surface area contributed by atoms with E-state index in [9.17, 15) is 9.59 Å².